The van der Waals surface area contributed by atoms with E-state index in [1.165, 1.54) is 0 Å². The van der Waals surface area contributed by atoms with Gasteiger partial charge in [-0.3, -0.25) is 0 Å². The molecule has 21 heavy (non-hydrogen) atoms. The third-order valence-corrected chi connectivity index (χ3v) is 3.45. The second-order valence-corrected chi connectivity index (χ2v) is 4.82. The zero-order chi connectivity index (χ0) is 14.2. The van der Waals surface area contributed by atoms with Crippen molar-refractivity contribution >= 4 is 21.9 Å². The molecule has 0 atom stereocenters. The van der Waals surface area contributed by atoms with Crippen LogP contribution in [0.2, 0.25) is 0 Å². The highest BCUT2D eigenvalue weighted by Crippen LogP contribution is 2.22. The van der Waals surface area contributed by atoms with Gasteiger partial charge in [-0.15, -0.1) is 0 Å². The van der Waals surface area contributed by atoms with Gasteiger partial charge in [0.25, 0.3) is 0 Å². The maximum atomic E-state index is 8.94. The first kappa shape index (κ1) is 11.6. The van der Waals surface area contributed by atoms with Crippen LogP contribution in [0.25, 0.3) is 33.5 Å². The second-order valence-electron chi connectivity index (χ2n) is 4.82. The van der Waals surface area contributed by atoms with E-state index in [1.54, 1.807) is 12.1 Å². The Balaban J connectivity index is 1.89. The van der Waals surface area contributed by atoms with Gasteiger partial charge in [-0.25, -0.2) is 9.97 Å². The largest absolute Gasteiger partial charge is 0.337 e. The van der Waals surface area contributed by atoms with Crippen molar-refractivity contribution in [1.29, 1.82) is 5.26 Å². The Morgan fingerprint density at radius 3 is 2.71 bits per heavy atom. The molecule has 0 amide bonds. The van der Waals surface area contributed by atoms with Crippen LogP contribution in [0, 0.1) is 11.3 Å². The van der Waals surface area contributed by atoms with Crippen molar-refractivity contribution in [2.75, 3.05) is 0 Å². The molecule has 0 bridgehead atoms. The number of aromatic amines is 1. The Labute approximate surface area is 120 Å². The molecule has 1 N–H and O–H groups in total. The van der Waals surface area contributed by atoms with Crippen LogP contribution in [0.5, 0.6) is 0 Å². The number of fused-ring (bicyclic) bond motifs is 2. The van der Waals surface area contributed by atoms with Gasteiger partial charge in [0.15, 0.2) is 5.82 Å². The zero-order valence-corrected chi connectivity index (χ0v) is 11.0. The maximum absolute atomic E-state index is 8.94. The lowest BCUT2D eigenvalue weighted by Crippen LogP contribution is -1.86. The minimum Gasteiger partial charge on any atom is -0.337 e. The van der Waals surface area contributed by atoms with Gasteiger partial charge in [-0.2, -0.15) is 5.26 Å². The molecule has 2 heterocycles. The first-order valence-electron chi connectivity index (χ1n) is 6.59. The minimum absolute atomic E-state index is 0.615. The SMILES string of the molecule is N#Cc1ccc2nc(-c3ccc4ccccc4n3)[nH]c2c1. The first-order valence-corrected chi connectivity index (χ1v) is 6.59. The summed E-state index contributed by atoms with van der Waals surface area (Å²) in [6.07, 6.45) is 0. The number of nitrogens with one attached hydrogen (secondary N) is 1. The van der Waals surface area contributed by atoms with Crippen LogP contribution < -0.4 is 0 Å². The van der Waals surface area contributed by atoms with Crippen molar-refractivity contribution in [1.82, 2.24) is 15.0 Å². The van der Waals surface area contributed by atoms with Crippen LogP contribution >= 0.6 is 0 Å². The Morgan fingerprint density at radius 1 is 0.905 bits per heavy atom. The smallest absolute Gasteiger partial charge is 0.157 e. The summed E-state index contributed by atoms with van der Waals surface area (Å²) in [7, 11) is 0. The molecule has 4 aromatic rings. The highest BCUT2D eigenvalue weighted by molar-refractivity contribution is 5.83. The average molecular weight is 270 g/mol. The number of imidazole rings is 1. The molecular formula is C17H10N4. The first-order chi connectivity index (χ1) is 10.3. The molecular weight excluding hydrogens is 260 g/mol. The maximum Gasteiger partial charge on any atom is 0.157 e. The van der Waals surface area contributed by atoms with Gasteiger partial charge in [-0.05, 0) is 30.3 Å². The van der Waals surface area contributed by atoms with Crippen molar-refractivity contribution in [2.24, 2.45) is 0 Å². The molecule has 4 heteroatoms. The third kappa shape index (κ3) is 1.92. The van der Waals surface area contributed by atoms with Crippen molar-refractivity contribution in [3.63, 3.8) is 0 Å². The van der Waals surface area contributed by atoms with E-state index >= 15 is 0 Å². The van der Waals surface area contributed by atoms with Crippen LogP contribution in [0.4, 0.5) is 0 Å². The van der Waals surface area contributed by atoms with Gasteiger partial charge >= 0.3 is 0 Å². The van der Waals surface area contributed by atoms with E-state index in [1.807, 2.05) is 42.5 Å². The number of benzene rings is 2. The van der Waals surface area contributed by atoms with E-state index < -0.39 is 0 Å². The lowest BCUT2D eigenvalue weighted by atomic mass is 10.2. The molecule has 2 aromatic carbocycles. The van der Waals surface area contributed by atoms with Crippen molar-refractivity contribution in [3.8, 4) is 17.6 Å². The zero-order valence-electron chi connectivity index (χ0n) is 11.0. The standard InChI is InChI=1S/C17H10N4/c18-10-11-5-7-14-16(9-11)21-17(20-14)15-8-6-12-3-1-2-4-13(12)19-15/h1-9H,(H,20,21). The van der Waals surface area contributed by atoms with Crippen LogP contribution in [-0.2, 0) is 0 Å². The summed E-state index contributed by atoms with van der Waals surface area (Å²) < 4.78 is 0. The second kappa shape index (κ2) is 4.43. The van der Waals surface area contributed by atoms with Gasteiger partial charge in [0.05, 0.1) is 28.2 Å². The van der Waals surface area contributed by atoms with E-state index in [-0.39, 0.29) is 0 Å². The fraction of sp³-hybridized carbons (Fsp3) is 0. The lowest BCUT2D eigenvalue weighted by molar-refractivity contribution is 1.27. The van der Waals surface area contributed by atoms with Crippen LogP contribution in [0.1, 0.15) is 5.56 Å². The number of hydrogen-bond donors (Lipinski definition) is 1. The van der Waals surface area contributed by atoms with Crippen LogP contribution in [0.3, 0.4) is 0 Å². The Hall–Kier alpha value is -3.19. The van der Waals surface area contributed by atoms with Gasteiger partial charge < -0.3 is 4.98 Å². The minimum atomic E-state index is 0.615. The number of H-pyrrole nitrogens is 1. The molecule has 0 fully saturated rings. The topological polar surface area (TPSA) is 65.4 Å². The summed E-state index contributed by atoms with van der Waals surface area (Å²) in [6, 6.07) is 19.5. The molecule has 0 saturated carbocycles. The number of aromatic nitrogens is 3. The van der Waals surface area contributed by atoms with Crippen LogP contribution in [-0.4, -0.2) is 15.0 Å². The lowest BCUT2D eigenvalue weighted by Gasteiger charge is -1.99. The van der Waals surface area contributed by atoms with Gasteiger partial charge in [0, 0.05) is 5.39 Å². The number of rotatable bonds is 1. The highest BCUT2D eigenvalue weighted by Gasteiger charge is 2.07. The molecule has 0 aliphatic carbocycles. The normalized spacial score (nSPS) is 10.8. The summed E-state index contributed by atoms with van der Waals surface area (Å²) >= 11 is 0. The molecule has 0 spiro atoms. The average Bonchev–Trinajstić information content (AvgIpc) is 2.97. The number of pyridine rings is 1. The summed E-state index contributed by atoms with van der Waals surface area (Å²) in [5, 5.41) is 10.0. The van der Waals surface area contributed by atoms with Crippen molar-refractivity contribution in [3.05, 3.63) is 60.2 Å². The van der Waals surface area contributed by atoms with Gasteiger partial charge in [0.1, 0.15) is 5.69 Å². The van der Waals surface area contributed by atoms with E-state index in [9.17, 15) is 0 Å². The van der Waals surface area contributed by atoms with E-state index in [0.29, 0.717) is 11.4 Å². The summed E-state index contributed by atoms with van der Waals surface area (Å²) in [4.78, 5) is 12.4. The summed E-state index contributed by atoms with van der Waals surface area (Å²) in [6.45, 7) is 0. The molecule has 0 aliphatic heterocycles. The fourth-order valence-electron chi connectivity index (χ4n) is 2.40. The molecule has 4 nitrogen and oxygen atoms in total. The number of para-hydroxylation sites is 1. The fourth-order valence-corrected chi connectivity index (χ4v) is 2.40. The predicted octanol–water partition coefficient (Wildman–Crippen LogP) is 3.65. The Morgan fingerprint density at radius 2 is 1.81 bits per heavy atom. The molecule has 2 aromatic heterocycles. The quantitative estimate of drug-likeness (QED) is 0.574. The molecule has 0 aliphatic rings. The highest BCUT2D eigenvalue weighted by atomic mass is 14.9. The van der Waals surface area contributed by atoms with E-state index in [2.05, 4.69) is 21.0 Å². The molecule has 0 saturated heterocycles. The Bertz CT molecular complexity index is 1010. The molecule has 98 valence electrons. The molecule has 0 radical (unpaired) electrons. The number of nitriles is 1. The van der Waals surface area contributed by atoms with Gasteiger partial charge in [0.2, 0.25) is 0 Å². The summed E-state index contributed by atoms with van der Waals surface area (Å²) in [5.41, 5.74) is 4.03. The van der Waals surface area contributed by atoms with Crippen molar-refractivity contribution < 1.29 is 0 Å². The number of hydrogen-bond acceptors (Lipinski definition) is 3. The Kier molecular flexibility index (Phi) is 2.45. The van der Waals surface area contributed by atoms with Gasteiger partial charge in [-0.1, -0.05) is 24.3 Å². The monoisotopic (exact) mass is 270 g/mol. The third-order valence-electron chi connectivity index (χ3n) is 3.45. The van der Waals surface area contributed by atoms with E-state index in [4.69, 9.17) is 5.26 Å². The number of nitrogens with zero attached hydrogens (tertiary/aromatic N) is 3. The van der Waals surface area contributed by atoms with Crippen molar-refractivity contribution in [2.45, 2.75) is 0 Å². The van der Waals surface area contributed by atoms with Crippen LogP contribution in [0.15, 0.2) is 54.6 Å². The predicted molar refractivity (Wildman–Crippen MR) is 81.5 cm³/mol. The molecule has 4 rings (SSSR count). The molecule has 0 unspecified atom stereocenters. The summed E-state index contributed by atoms with van der Waals surface area (Å²) in [5.74, 6) is 0.714. The van der Waals surface area contributed by atoms with E-state index in [0.717, 1.165) is 27.6 Å².